The second-order valence-corrected chi connectivity index (χ2v) is 2.89. The fraction of sp³-hybridized carbons (Fsp3) is 0.222. The van der Waals surface area contributed by atoms with Crippen LogP contribution in [0.5, 0.6) is 5.75 Å². The highest BCUT2D eigenvalue weighted by atomic mass is 19.3. The molecule has 4 nitrogen and oxygen atoms in total. The average Bonchev–Trinajstić information content (AvgIpc) is 2.41. The second-order valence-electron chi connectivity index (χ2n) is 2.89. The van der Waals surface area contributed by atoms with Gasteiger partial charge in [-0.3, -0.25) is 0 Å². The number of halogens is 2. The molecular formula is C9H6F2O4. The van der Waals surface area contributed by atoms with Gasteiger partial charge in [0.25, 0.3) is 0 Å². The molecule has 1 aromatic carbocycles. The number of aliphatic hydroxyl groups is 1. The van der Waals surface area contributed by atoms with E-state index in [2.05, 4.69) is 9.47 Å². The molecule has 0 spiro atoms. The summed E-state index contributed by atoms with van der Waals surface area (Å²) in [6.07, 6.45) is -1.41. The summed E-state index contributed by atoms with van der Waals surface area (Å²) in [7, 11) is 0. The van der Waals surface area contributed by atoms with E-state index in [0.29, 0.717) is 0 Å². The lowest BCUT2D eigenvalue weighted by atomic mass is 10.1. The molecule has 1 aliphatic rings. The first kappa shape index (κ1) is 9.85. The van der Waals surface area contributed by atoms with E-state index >= 15 is 0 Å². The Balaban J connectivity index is 2.34. The molecule has 2 rings (SSSR count). The number of esters is 1. The van der Waals surface area contributed by atoms with Crippen molar-refractivity contribution in [1.29, 1.82) is 0 Å². The Hall–Kier alpha value is -1.69. The minimum Gasteiger partial charge on any atom is -0.435 e. The van der Waals surface area contributed by atoms with Gasteiger partial charge in [0.05, 0.1) is 5.56 Å². The predicted molar refractivity (Wildman–Crippen MR) is 43.4 cm³/mol. The van der Waals surface area contributed by atoms with Crippen molar-refractivity contribution in [3.8, 4) is 5.75 Å². The molecule has 0 saturated heterocycles. The number of cyclic esters (lactones) is 1. The average molecular weight is 216 g/mol. The zero-order valence-electron chi connectivity index (χ0n) is 7.31. The Morgan fingerprint density at radius 3 is 2.87 bits per heavy atom. The number of ether oxygens (including phenoxy) is 2. The third kappa shape index (κ3) is 1.75. The summed E-state index contributed by atoms with van der Waals surface area (Å²) < 4.78 is 32.3. The van der Waals surface area contributed by atoms with Crippen LogP contribution in [-0.2, 0) is 4.74 Å². The van der Waals surface area contributed by atoms with Crippen molar-refractivity contribution in [3.63, 3.8) is 0 Å². The maximum Gasteiger partial charge on any atom is 0.387 e. The molecular weight excluding hydrogens is 210 g/mol. The van der Waals surface area contributed by atoms with Crippen LogP contribution in [0.3, 0.4) is 0 Å². The van der Waals surface area contributed by atoms with Crippen LogP contribution in [0.4, 0.5) is 8.78 Å². The van der Waals surface area contributed by atoms with Gasteiger partial charge in [0.15, 0.2) is 0 Å². The Kier molecular flexibility index (Phi) is 2.28. The molecule has 80 valence electrons. The van der Waals surface area contributed by atoms with Gasteiger partial charge < -0.3 is 14.6 Å². The van der Waals surface area contributed by atoms with Crippen LogP contribution < -0.4 is 4.74 Å². The van der Waals surface area contributed by atoms with Crippen molar-refractivity contribution in [3.05, 3.63) is 29.3 Å². The third-order valence-electron chi connectivity index (χ3n) is 1.95. The minimum atomic E-state index is -2.95. The van der Waals surface area contributed by atoms with Gasteiger partial charge in [0.1, 0.15) is 5.75 Å². The number of fused-ring (bicyclic) bond motifs is 1. The quantitative estimate of drug-likeness (QED) is 0.760. The Morgan fingerprint density at radius 1 is 1.47 bits per heavy atom. The van der Waals surface area contributed by atoms with E-state index in [0.717, 1.165) is 6.07 Å². The number of hydrogen-bond acceptors (Lipinski definition) is 4. The molecule has 15 heavy (non-hydrogen) atoms. The van der Waals surface area contributed by atoms with Crippen LogP contribution in [0.2, 0.25) is 0 Å². The summed E-state index contributed by atoms with van der Waals surface area (Å²) in [6, 6.07) is 3.63. The van der Waals surface area contributed by atoms with Crippen molar-refractivity contribution in [2.75, 3.05) is 0 Å². The van der Waals surface area contributed by atoms with Crippen LogP contribution >= 0.6 is 0 Å². The SMILES string of the molecule is O=C1OC(O)c2cc(OC(F)F)ccc21. The lowest BCUT2D eigenvalue weighted by Gasteiger charge is -2.06. The van der Waals surface area contributed by atoms with Gasteiger partial charge in [0, 0.05) is 5.56 Å². The van der Waals surface area contributed by atoms with E-state index in [1.807, 2.05) is 0 Å². The van der Waals surface area contributed by atoms with Gasteiger partial charge in [-0.2, -0.15) is 8.78 Å². The summed E-state index contributed by atoms with van der Waals surface area (Å²) in [4.78, 5) is 11.0. The molecule has 0 aliphatic carbocycles. The van der Waals surface area contributed by atoms with Gasteiger partial charge in [-0.1, -0.05) is 0 Å². The molecule has 0 fully saturated rings. The standard InChI is InChI=1S/C9H6F2O4/c10-9(11)14-4-1-2-5-6(3-4)8(13)15-7(5)12/h1-3,8-9,13H. The Bertz CT molecular complexity index is 405. The highest BCUT2D eigenvalue weighted by Gasteiger charge is 2.29. The number of carbonyl (C=O) groups is 1. The number of carbonyl (C=O) groups excluding carboxylic acids is 1. The molecule has 0 aromatic heterocycles. The Labute approximate surface area is 83.0 Å². The van der Waals surface area contributed by atoms with Crippen molar-refractivity contribution in [1.82, 2.24) is 0 Å². The predicted octanol–water partition coefficient (Wildman–Crippen LogP) is 1.45. The topological polar surface area (TPSA) is 55.8 Å². The molecule has 1 aromatic rings. The lowest BCUT2D eigenvalue weighted by Crippen LogP contribution is -2.02. The van der Waals surface area contributed by atoms with Crippen LogP contribution in [0.1, 0.15) is 22.2 Å². The van der Waals surface area contributed by atoms with Crippen LogP contribution in [0.25, 0.3) is 0 Å². The van der Waals surface area contributed by atoms with Crippen molar-refractivity contribution in [2.24, 2.45) is 0 Å². The first-order chi connectivity index (χ1) is 7.08. The zero-order valence-corrected chi connectivity index (χ0v) is 7.31. The fourth-order valence-corrected chi connectivity index (χ4v) is 1.34. The molecule has 1 unspecified atom stereocenters. The molecule has 1 aliphatic heterocycles. The van der Waals surface area contributed by atoms with E-state index in [1.54, 1.807) is 0 Å². The summed E-state index contributed by atoms with van der Waals surface area (Å²) in [5.41, 5.74) is 0.294. The maximum atomic E-state index is 11.9. The van der Waals surface area contributed by atoms with Gasteiger partial charge in [-0.05, 0) is 18.2 Å². The van der Waals surface area contributed by atoms with Crippen molar-refractivity contribution < 1.29 is 28.2 Å². The van der Waals surface area contributed by atoms with Crippen molar-refractivity contribution >= 4 is 5.97 Å². The fourth-order valence-electron chi connectivity index (χ4n) is 1.34. The van der Waals surface area contributed by atoms with Gasteiger partial charge in [-0.15, -0.1) is 0 Å². The monoisotopic (exact) mass is 216 g/mol. The Morgan fingerprint density at radius 2 is 2.20 bits per heavy atom. The molecule has 1 N–H and O–H groups in total. The largest absolute Gasteiger partial charge is 0.435 e. The zero-order chi connectivity index (χ0) is 11.0. The van der Waals surface area contributed by atoms with E-state index in [1.165, 1.54) is 12.1 Å². The second kappa shape index (κ2) is 3.47. The first-order valence-electron chi connectivity index (χ1n) is 4.06. The summed E-state index contributed by atoms with van der Waals surface area (Å²) in [6.45, 7) is -2.95. The van der Waals surface area contributed by atoms with Gasteiger partial charge in [-0.25, -0.2) is 4.79 Å². The summed E-state index contributed by atoms with van der Waals surface area (Å²) in [5, 5.41) is 9.22. The summed E-state index contributed by atoms with van der Waals surface area (Å²) >= 11 is 0. The number of rotatable bonds is 2. The van der Waals surface area contributed by atoms with Gasteiger partial charge in [0.2, 0.25) is 6.29 Å². The highest BCUT2D eigenvalue weighted by molar-refractivity contribution is 5.94. The molecule has 1 atom stereocenters. The first-order valence-corrected chi connectivity index (χ1v) is 4.06. The molecule has 0 bridgehead atoms. The molecule has 6 heteroatoms. The summed E-state index contributed by atoms with van der Waals surface area (Å²) in [5.74, 6) is -0.804. The van der Waals surface area contributed by atoms with E-state index < -0.39 is 18.9 Å². The van der Waals surface area contributed by atoms with Crippen molar-refractivity contribution in [2.45, 2.75) is 12.9 Å². The number of benzene rings is 1. The van der Waals surface area contributed by atoms with Gasteiger partial charge >= 0.3 is 12.6 Å². The molecule has 0 radical (unpaired) electrons. The number of aliphatic hydroxyl groups excluding tert-OH is 1. The molecule has 1 heterocycles. The van der Waals surface area contributed by atoms with Crippen LogP contribution in [0, 0.1) is 0 Å². The van der Waals surface area contributed by atoms with Crippen LogP contribution in [-0.4, -0.2) is 17.7 Å². The third-order valence-corrected chi connectivity index (χ3v) is 1.95. The molecule has 0 saturated carbocycles. The lowest BCUT2D eigenvalue weighted by molar-refractivity contribution is -0.0575. The molecule has 0 amide bonds. The van der Waals surface area contributed by atoms with E-state index in [4.69, 9.17) is 0 Å². The smallest absolute Gasteiger partial charge is 0.387 e. The van der Waals surface area contributed by atoms with E-state index in [-0.39, 0.29) is 16.9 Å². The highest BCUT2D eigenvalue weighted by Crippen LogP contribution is 2.31. The number of hydrogen-bond donors (Lipinski definition) is 1. The minimum absolute atomic E-state index is 0.124. The normalized spacial score (nSPS) is 18.9. The maximum absolute atomic E-state index is 11.9. The number of alkyl halides is 2. The van der Waals surface area contributed by atoms with E-state index in [9.17, 15) is 18.7 Å². The van der Waals surface area contributed by atoms with Crippen LogP contribution in [0.15, 0.2) is 18.2 Å².